The Morgan fingerprint density at radius 1 is 1.26 bits per heavy atom. The van der Waals surface area contributed by atoms with Crippen molar-refractivity contribution in [3.8, 4) is 0 Å². The summed E-state index contributed by atoms with van der Waals surface area (Å²) in [5.41, 5.74) is 1.42. The summed E-state index contributed by atoms with van der Waals surface area (Å²) in [7, 11) is -3.24. The molecule has 2 aromatic rings. The maximum atomic E-state index is 11.2. The number of halogens is 1. The number of sulfonamides is 1. The zero-order valence-electron chi connectivity index (χ0n) is 10.2. The quantitative estimate of drug-likeness (QED) is 0.857. The maximum Gasteiger partial charge on any atom is 0.229 e. The number of anilines is 2. The highest BCUT2D eigenvalue weighted by atomic mass is 79.9. The van der Waals surface area contributed by atoms with Crippen LogP contribution in [0.15, 0.2) is 40.2 Å². The van der Waals surface area contributed by atoms with Crippen LogP contribution in [0.1, 0.15) is 4.88 Å². The van der Waals surface area contributed by atoms with Crippen LogP contribution < -0.4 is 10.0 Å². The Morgan fingerprint density at radius 3 is 2.63 bits per heavy atom. The van der Waals surface area contributed by atoms with E-state index in [1.165, 1.54) is 4.88 Å². The van der Waals surface area contributed by atoms with Crippen LogP contribution in [-0.4, -0.2) is 14.7 Å². The van der Waals surface area contributed by atoms with Gasteiger partial charge in [-0.25, -0.2) is 8.42 Å². The third-order valence-electron chi connectivity index (χ3n) is 2.31. The minimum atomic E-state index is -3.24. The van der Waals surface area contributed by atoms with Crippen molar-refractivity contribution in [3.63, 3.8) is 0 Å². The molecule has 0 amide bonds. The van der Waals surface area contributed by atoms with E-state index in [2.05, 4.69) is 26.0 Å². The first-order valence-corrected chi connectivity index (χ1v) is 9.04. The standard InChI is InChI=1S/C12H13BrN2O2S2/c1-19(16,17)15-10-4-2-3-9(7-10)14-8-12-11(13)5-6-18-12/h2-7,14-15H,8H2,1H3. The van der Waals surface area contributed by atoms with Crippen LogP contribution in [0, 0.1) is 0 Å². The molecule has 0 saturated heterocycles. The highest BCUT2D eigenvalue weighted by molar-refractivity contribution is 9.10. The molecular formula is C12H13BrN2O2S2. The molecule has 4 nitrogen and oxygen atoms in total. The molecule has 102 valence electrons. The second-order valence-corrected chi connectivity index (χ2v) is 7.60. The van der Waals surface area contributed by atoms with Crippen LogP contribution in [0.4, 0.5) is 11.4 Å². The molecule has 0 atom stereocenters. The largest absolute Gasteiger partial charge is 0.380 e. The van der Waals surface area contributed by atoms with E-state index in [0.717, 1.165) is 16.4 Å². The SMILES string of the molecule is CS(=O)(=O)Nc1cccc(NCc2sccc2Br)c1. The monoisotopic (exact) mass is 360 g/mol. The van der Waals surface area contributed by atoms with E-state index < -0.39 is 10.0 Å². The van der Waals surface area contributed by atoms with Gasteiger partial charge in [0.15, 0.2) is 0 Å². The molecule has 0 aliphatic carbocycles. The summed E-state index contributed by atoms with van der Waals surface area (Å²) in [6.45, 7) is 0.695. The summed E-state index contributed by atoms with van der Waals surface area (Å²) in [4.78, 5) is 1.20. The van der Waals surface area contributed by atoms with Gasteiger partial charge in [0.1, 0.15) is 0 Å². The van der Waals surface area contributed by atoms with E-state index in [1.54, 1.807) is 29.5 Å². The first kappa shape index (κ1) is 14.4. The van der Waals surface area contributed by atoms with E-state index in [4.69, 9.17) is 0 Å². The molecule has 19 heavy (non-hydrogen) atoms. The Balaban J connectivity index is 2.05. The molecule has 0 radical (unpaired) electrons. The summed E-state index contributed by atoms with van der Waals surface area (Å²) >= 11 is 5.13. The molecule has 2 N–H and O–H groups in total. The summed E-state index contributed by atoms with van der Waals surface area (Å²) in [5, 5.41) is 5.28. The van der Waals surface area contributed by atoms with Gasteiger partial charge in [-0.3, -0.25) is 4.72 Å². The Labute approximate surface area is 125 Å². The number of rotatable bonds is 5. The first-order chi connectivity index (χ1) is 8.94. The molecule has 0 fully saturated rings. The maximum absolute atomic E-state index is 11.2. The van der Waals surface area contributed by atoms with E-state index >= 15 is 0 Å². The molecule has 0 bridgehead atoms. The Morgan fingerprint density at radius 2 is 2.00 bits per heavy atom. The average molecular weight is 361 g/mol. The van der Waals surface area contributed by atoms with Gasteiger partial charge in [-0.2, -0.15) is 0 Å². The van der Waals surface area contributed by atoms with Gasteiger partial charge in [0.05, 0.1) is 18.5 Å². The molecule has 0 aliphatic rings. The third kappa shape index (κ3) is 4.52. The van der Waals surface area contributed by atoms with Gasteiger partial charge in [0.2, 0.25) is 10.0 Å². The number of hydrogen-bond donors (Lipinski definition) is 2. The highest BCUT2D eigenvalue weighted by Crippen LogP contribution is 2.24. The lowest BCUT2D eigenvalue weighted by molar-refractivity contribution is 0.607. The van der Waals surface area contributed by atoms with Crippen molar-refractivity contribution in [1.82, 2.24) is 0 Å². The zero-order chi connectivity index (χ0) is 13.9. The van der Waals surface area contributed by atoms with E-state index in [0.29, 0.717) is 12.2 Å². The lowest BCUT2D eigenvalue weighted by Crippen LogP contribution is -2.09. The predicted molar refractivity (Wildman–Crippen MR) is 84.3 cm³/mol. The summed E-state index contributed by atoms with van der Waals surface area (Å²) in [6.07, 6.45) is 1.13. The molecule has 0 unspecified atom stereocenters. The van der Waals surface area contributed by atoms with E-state index in [1.807, 2.05) is 17.5 Å². The summed E-state index contributed by atoms with van der Waals surface area (Å²) in [5.74, 6) is 0. The average Bonchev–Trinajstić information content (AvgIpc) is 2.70. The van der Waals surface area contributed by atoms with Crippen molar-refractivity contribution >= 4 is 48.7 Å². The second-order valence-electron chi connectivity index (χ2n) is 4.00. The lowest BCUT2D eigenvalue weighted by Gasteiger charge is -2.08. The molecule has 0 aliphatic heterocycles. The van der Waals surface area contributed by atoms with Crippen LogP contribution in [0.2, 0.25) is 0 Å². The van der Waals surface area contributed by atoms with Crippen LogP contribution in [0.5, 0.6) is 0 Å². The first-order valence-electron chi connectivity index (χ1n) is 5.47. The predicted octanol–water partition coefficient (Wildman–Crippen LogP) is 3.49. The van der Waals surface area contributed by atoms with Gasteiger partial charge >= 0.3 is 0 Å². The van der Waals surface area contributed by atoms with Gasteiger partial charge in [0.25, 0.3) is 0 Å². The Kier molecular flexibility index (Phi) is 4.49. The Bertz CT molecular complexity index is 668. The highest BCUT2D eigenvalue weighted by Gasteiger charge is 2.04. The van der Waals surface area contributed by atoms with Crippen molar-refractivity contribution in [3.05, 3.63) is 45.1 Å². The van der Waals surface area contributed by atoms with Crippen LogP contribution in [0.3, 0.4) is 0 Å². The third-order valence-corrected chi connectivity index (χ3v) is 4.84. The van der Waals surface area contributed by atoms with Crippen molar-refractivity contribution in [1.29, 1.82) is 0 Å². The lowest BCUT2D eigenvalue weighted by atomic mass is 10.3. The number of thiophene rings is 1. The minimum Gasteiger partial charge on any atom is -0.380 e. The zero-order valence-corrected chi connectivity index (χ0v) is 13.4. The number of benzene rings is 1. The van der Waals surface area contributed by atoms with Gasteiger partial charge < -0.3 is 5.32 Å². The molecule has 1 aromatic carbocycles. The topological polar surface area (TPSA) is 58.2 Å². The molecule has 0 spiro atoms. The van der Waals surface area contributed by atoms with Crippen LogP contribution >= 0.6 is 27.3 Å². The van der Waals surface area contributed by atoms with Crippen molar-refractivity contribution in [2.24, 2.45) is 0 Å². The van der Waals surface area contributed by atoms with Crippen molar-refractivity contribution < 1.29 is 8.42 Å². The van der Waals surface area contributed by atoms with Gasteiger partial charge in [-0.05, 0) is 45.6 Å². The van der Waals surface area contributed by atoms with E-state index in [-0.39, 0.29) is 0 Å². The fourth-order valence-corrected chi connectivity index (χ4v) is 3.53. The van der Waals surface area contributed by atoms with Gasteiger partial charge in [0, 0.05) is 15.0 Å². The fraction of sp³-hybridized carbons (Fsp3) is 0.167. The molecule has 7 heteroatoms. The van der Waals surface area contributed by atoms with Crippen LogP contribution in [0.25, 0.3) is 0 Å². The molecule has 2 rings (SSSR count). The van der Waals surface area contributed by atoms with Crippen molar-refractivity contribution in [2.45, 2.75) is 6.54 Å². The summed E-state index contributed by atoms with van der Waals surface area (Å²) < 4.78 is 25.9. The summed E-state index contributed by atoms with van der Waals surface area (Å²) in [6, 6.07) is 9.19. The van der Waals surface area contributed by atoms with Gasteiger partial charge in [-0.15, -0.1) is 11.3 Å². The van der Waals surface area contributed by atoms with E-state index in [9.17, 15) is 8.42 Å². The molecule has 1 heterocycles. The molecule has 1 aromatic heterocycles. The fourth-order valence-electron chi connectivity index (χ4n) is 1.54. The number of nitrogens with one attached hydrogen (secondary N) is 2. The van der Waals surface area contributed by atoms with Crippen LogP contribution in [-0.2, 0) is 16.6 Å². The number of hydrogen-bond acceptors (Lipinski definition) is 4. The Hall–Kier alpha value is -1.05. The normalized spacial score (nSPS) is 11.3. The second kappa shape index (κ2) is 5.94. The van der Waals surface area contributed by atoms with Gasteiger partial charge in [-0.1, -0.05) is 6.07 Å². The molecule has 0 saturated carbocycles. The minimum absolute atomic E-state index is 0.553. The molecular weight excluding hydrogens is 348 g/mol. The van der Waals surface area contributed by atoms with Crippen molar-refractivity contribution in [2.75, 3.05) is 16.3 Å². The smallest absolute Gasteiger partial charge is 0.229 e.